The van der Waals surface area contributed by atoms with Gasteiger partial charge >= 0.3 is 0 Å². The number of benzene rings is 1. The van der Waals surface area contributed by atoms with Gasteiger partial charge < -0.3 is 5.73 Å². The summed E-state index contributed by atoms with van der Waals surface area (Å²) in [4.78, 5) is 0. The van der Waals surface area contributed by atoms with Crippen LogP contribution in [0.5, 0.6) is 0 Å². The van der Waals surface area contributed by atoms with E-state index in [1.807, 2.05) is 18.2 Å². The van der Waals surface area contributed by atoms with Gasteiger partial charge in [0.1, 0.15) is 0 Å². The summed E-state index contributed by atoms with van der Waals surface area (Å²) in [5.74, 6) is 0. The summed E-state index contributed by atoms with van der Waals surface area (Å²) in [6, 6.07) is 8.10. The fourth-order valence-corrected chi connectivity index (χ4v) is 1.23. The average Bonchev–Trinajstić information content (AvgIpc) is 2.06. The number of nitrogens with two attached hydrogens (primary N) is 1. The average molecular weight is 165 g/mol. The maximum Gasteiger partial charge on any atom is 0.0180 e. The van der Waals surface area contributed by atoms with Crippen molar-refractivity contribution in [2.75, 3.05) is 0 Å². The second kappa shape index (κ2) is 4.21. The molecular formula is C9H11NS. The summed E-state index contributed by atoms with van der Waals surface area (Å²) in [5, 5.41) is 1.73. The first kappa shape index (κ1) is 8.37. The lowest BCUT2D eigenvalue weighted by Crippen LogP contribution is -2.01. The van der Waals surface area contributed by atoms with Crippen molar-refractivity contribution in [1.82, 2.24) is 0 Å². The van der Waals surface area contributed by atoms with E-state index in [2.05, 4.69) is 6.07 Å². The molecule has 0 spiro atoms. The van der Waals surface area contributed by atoms with Crippen molar-refractivity contribution in [2.45, 2.75) is 13.0 Å². The van der Waals surface area contributed by atoms with Gasteiger partial charge in [0.05, 0.1) is 0 Å². The first-order valence-corrected chi connectivity index (χ1v) is 4.06. The molecule has 0 bridgehead atoms. The Kier molecular flexibility index (Phi) is 3.20. The summed E-state index contributed by atoms with van der Waals surface area (Å²) in [6.07, 6.45) is 0.836. The number of hydrogen-bond acceptors (Lipinski definition) is 2. The predicted octanol–water partition coefficient (Wildman–Crippen LogP) is 1.69. The van der Waals surface area contributed by atoms with Gasteiger partial charge in [-0.1, -0.05) is 36.5 Å². The van der Waals surface area contributed by atoms with Crippen molar-refractivity contribution >= 4 is 17.6 Å². The molecule has 0 amide bonds. The van der Waals surface area contributed by atoms with Gasteiger partial charge in [-0.3, -0.25) is 0 Å². The fourth-order valence-electron chi connectivity index (χ4n) is 1.05. The Labute approximate surface area is 72.2 Å². The third-order valence-electron chi connectivity index (χ3n) is 1.64. The van der Waals surface area contributed by atoms with Gasteiger partial charge in [-0.25, -0.2) is 0 Å². The molecule has 1 aromatic rings. The van der Waals surface area contributed by atoms with E-state index in [0.29, 0.717) is 6.54 Å². The first-order valence-electron chi connectivity index (χ1n) is 3.59. The maximum atomic E-state index is 5.53. The van der Waals surface area contributed by atoms with Crippen molar-refractivity contribution in [3.05, 3.63) is 35.4 Å². The molecule has 0 saturated heterocycles. The van der Waals surface area contributed by atoms with Crippen molar-refractivity contribution in [1.29, 1.82) is 0 Å². The molecule has 0 aliphatic carbocycles. The Bertz CT molecular complexity index is 245. The van der Waals surface area contributed by atoms with E-state index in [0.717, 1.165) is 6.42 Å². The molecular weight excluding hydrogens is 154 g/mol. The van der Waals surface area contributed by atoms with E-state index in [4.69, 9.17) is 18.0 Å². The van der Waals surface area contributed by atoms with Crippen LogP contribution in [-0.4, -0.2) is 5.37 Å². The fraction of sp³-hybridized carbons (Fsp3) is 0.222. The molecule has 1 nitrogen and oxygen atoms in total. The van der Waals surface area contributed by atoms with Gasteiger partial charge in [0, 0.05) is 13.0 Å². The van der Waals surface area contributed by atoms with E-state index in [-0.39, 0.29) is 0 Å². The van der Waals surface area contributed by atoms with Crippen molar-refractivity contribution in [2.24, 2.45) is 5.73 Å². The predicted molar refractivity (Wildman–Crippen MR) is 51.7 cm³/mol. The third kappa shape index (κ3) is 2.10. The highest BCUT2D eigenvalue weighted by atomic mass is 32.1. The molecule has 0 heterocycles. The standard InChI is InChI=1S/C9H11NS/c10-7-9-4-2-1-3-8(9)5-6-11/h1-4,6H,5,7,10H2. The summed E-state index contributed by atoms with van der Waals surface area (Å²) in [7, 11) is 0. The molecule has 11 heavy (non-hydrogen) atoms. The molecule has 58 valence electrons. The summed E-state index contributed by atoms with van der Waals surface area (Å²) in [5.41, 5.74) is 7.96. The molecule has 2 N–H and O–H groups in total. The second-order valence-electron chi connectivity index (χ2n) is 2.34. The van der Waals surface area contributed by atoms with Crippen LogP contribution in [0.1, 0.15) is 11.1 Å². The Hall–Kier alpha value is -0.730. The molecule has 0 aromatic heterocycles. The van der Waals surface area contributed by atoms with Gasteiger partial charge in [0.25, 0.3) is 0 Å². The monoisotopic (exact) mass is 165 g/mol. The summed E-state index contributed by atoms with van der Waals surface area (Å²) < 4.78 is 0. The van der Waals surface area contributed by atoms with E-state index >= 15 is 0 Å². The van der Waals surface area contributed by atoms with Crippen LogP contribution < -0.4 is 5.73 Å². The highest BCUT2D eigenvalue weighted by Crippen LogP contribution is 2.07. The molecule has 0 saturated carbocycles. The molecule has 0 aliphatic heterocycles. The number of rotatable bonds is 3. The lowest BCUT2D eigenvalue weighted by atomic mass is 10.1. The second-order valence-corrected chi connectivity index (χ2v) is 2.68. The SMILES string of the molecule is NCc1ccccc1CC=S. The first-order chi connectivity index (χ1) is 5.38. The smallest absolute Gasteiger partial charge is 0.0180 e. The van der Waals surface area contributed by atoms with Crippen LogP contribution in [0.15, 0.2) is 24.3 Å². The summed E-state index contributed by atoms with van der Waals surface area (Å²) >= 11 is 4.78. The van der Waals surface area contributed by atoms with E-state index in [1.54, 1.807) is 5.37 Å². The van der Waals surface area contributed by atoms with Gasteiger partial charge in [-0.2, -0.15) is 0 Å². The van der Waals surface area contributed by atoms with Crippen molar-refractivity contribution in [3.8, 4) is 0 Å². The number of thiocarbonyl (C=S) groups is 1. The van der Waals surface area contributed by atoms with Gasteiger partial charge in [-0.05, 0) is 16.5 Å². The van der Waals surface area contributed by atoms with E-state index in [1.165, 1.54) is 11.1 Å². The lowest BCUT2D eigenvalue weighted by molar-refractivity contribution is 1.04. The van der Waals surface area contributed by atoms with Crippen LogP contribution in [0.3, 0.4) is 0 Å². The largest absolute Gasteiger partial charge is 0.326 e. The number of hydrogen-bond donors (Lipinski definition) is 1. The molecule has 0 fully saturated rings. The summed E-state index contributed by atoms with van der Waals surface area (Å²) in [6.45, 7) is 0.597. The Morgan fingerprint density at radius 1 is 1.27 bits per heavy atom. The lowest BCUT2D eigenvalue weighted by Gasteiger charge is -2.02. The van der Waals surface area contributed by atoms with E-state index < -0.39 is 0 Å². The Morgan fingerprint density at radius 3 is 2.45 bits per heavy atom. The molecule has 1 rings (SSSR count). The van der Waals surface area contributed by atoms with Crippen LogP contribution >= 0.6 is 12.2 Å². The zero-order valence-corrected chi connectivity index (χ0v) is 7.10. The zero-order chi connectivity index (χ0) is 8.10. The van der Waals surface area contributed by atoms with Crippen LogP contribution in [0.25, 0.3) is 0 Å². The molecule has 0 unspecified atom stereocenters. The Morgan fingerprint density at radius 2 is 1.91 bits per heavy atom. The normalized spacial score (nSPS) is 9.55. The quantitative estimate of drug-likeness (QED) is 0.690. The maximum absolute atomic E-state index is 5.53. The molecule has 0 atom stereocenters. The molecule has 2 heteroatoms. The van der Waals surface area contributed by atoms with Crippen LogP contribution in [-0.2, 0) is 13.0 Å². The zero-order valence-electron chi connectivity index (χ0n) is 6.29. The molecule has 1 aromatic carbocycles. The minimum Gasteiger partial charge on any atom is -0.326 e. The van der Waals surface area contributed by atoms with Gasteiger partial charge in [-0.15, -0.1) is 0 Å². The van der Waals surface area contributed by atoms with Crippen LogP contribution in [0, 0.1) is 0 Å². The van der Waals surface area contributed by atoms with Crippen LogP contribution in [0.4, 0.5) is 0 Å². The highest BCUT2D eigenvalue weighted by molar-refractivity contribution is 7.78. The van der Waals surface area contributed by atoms with E-state index in [9.17, 15) is 0 Å². The van der Waals surface area contributed by atoms with Crippen molar-refractivity contribution in [3.63, 3.8) is 0 Å². The highest BCUT2D eigenvalue weighted by Gasteiger charge is 1.95. The topological polar surface area (TPSA) is 26.0 Å². The molecule has 0 radical (unpaired) electrons. The third-order valence-corrected chi connectivity index (χ3v) is 1.81. The van der Waals surface area contributed by atoms with Gasteiger partial charge in [0.15, 0.2) is 0 Å². The molecule has 0 aliphatic rings. The van der Waals surface area contributed by atoms with Crippen molar-refractivity contribution < 1.29 is 0 Å². The minimum absolute atomic E-state index is 0.597. The Balaban J connectivity index is 2.92. The van der Waals surface area contributed by atoms with Gasteiger partial charge in [0.2, 0.25) is 0 Å². The van der Waals surface area contributed by atoms with Crippen LogP contribution in [0.2, 0.25) is 0 Å². The minimum atomic E-state index is 0.597.